The number of rotatable bonds is 19. The molecule has 5 aromatic carbocycles. The number of anilines is 3. The summed E-state index contributed by atoms with van der Waals surface area (Å²) in [4.78, 5) is 119. The van der Waals surface area contributed by atoms with Crippen LogP contribution in [0.5, 0.6) is 0 Å². The van der Waals surface area contributed by atoms with Gasteiger partial charge in [0.15, 0.2) is 18.3 Å². The van der Waals surface area contributed by atoms with E-state index >= 15 is 26.3 Å². The van der Waals surface area contributed by atoms with Gasteiger partial charge in [-0.25, -0.2) is 28.8 Å². The maximum atomic E-state index is 15.7. The lowest BCUT2D eigenvalue weighted by molar-refractivity contribution is -0.142. The van der Waals surface area contributed by atoms with Gasteiger partial charge in [-0.2, -0.15) is 41.3 Å². The van der Waals surface area contributed by atoms with Crippen molar-refractivity contribution in [2.24, 2.45) is 15.3 Å². The molecule has 0 saturated carbocycles. The first-order valence-electron chi connectivity index (χ1n) is 32.9. The molecule has 3 aliphatic rings. The Balaban J connectivity index is 0.000000190. The molecule has 0 spiro atoms. The van der Waals surface area contributed by atoms with Crippen LogP contribution >= 0.6 is 0 Å². The molecule has 11 rings (SSSR count). The van der Waals surface area contributed by atoms with Crippen LogP contribution in [0.25, 0.3) is 31.3 Å². The van der Waals surface area contributed by atoms with E-state index in [1.807, 2.05) is 20.8 Å². The standard InChI is InChI=1S/2C26H24F2N6O5.C19H20F2N6O4/c2*1-14-11-15(2)20(16(3)12-14)23(36)39-21-18(13-30-33-29)38-24(26(21,27)28)34-10-9-19(32-25(34)37)31-22(35)17-7-5-4-6-8-17;1-9-6-10(2)14(11(3)7-9)16(28)31-15-12(8-24-26-23)30-17(19(15,20)21)27-5-4-13(22)25-18(27)29/h2*4-12,18,21,24H,13H2,1-3H3,(H,31,32,35,37);4-7,12,15,17H,8H2,1-3H3,(H2,22,25,29)/t18-,21-,24+;18-,21-,24-;12-,15-,17?/m111/s1. The summed E-state index contributed by atoms with van der Waals surface area (Å²) in [5.41, 5.74) is 35.0. The van der Waals surface area contributed by atoms with Crippen molar-refractivity contribution in [2.45, 2.75) is 135 Å². The summed E-state index contributed by atoms with van der Waals surface area (Å²) in [6.07, 6.45) is -14.7. The van der Waals surface area contributed by atoms with Gasteiger partial charge in [0.25, 0.3) is 11.8 Å². The van der Waals surface area contributed by atoms with E-state index in [1.165, 1.54) is 0 Å². The van der Waals surface area contributed by atoms with Gasteiger partial charge in [0, 0.05) is 44.5 Å². The highest BCUT2D eigenvalue weighted by Gasteiger charge is 2.65. The molecule has 38 heteroatoms. The third-order valence-corrected chi connectivity index (χ3v) is 17.2. The Labute approximate surface area is 613 Å². The fourth-order valence-corrected chi connectivity index (χ4v) is 12.6. The van der Waals surface area contributed by atoms with E-state index in [4.69, 9.17) is 50.7 Å². The number of halogens is 6. The molecule has 3 aromatic heterocycles. The zero-order valence-electron chi connectivity index (χ0n) is 59.3. The van der Waals surface area contributed by atoms with Gasteiger partial charge in [-0.05, 0) is 155 Å². The van der Waals surface area contributed by atoms with Gasteiger partial charge in [-0.15, -0.1) is 0 Å². The van der Waals surface area contributed by atoms with Crippen LogP contribution in [0.2, 0.25) is 0 Å². The van der Waals surface area contributed by atoms with Crippen molar-refractivity contribution in [3.05, 3.63) is 275 Å². The van der Waals surface area contributed by atoms with E-state index in [1.54, 1.807) is 139 Å². The van der Waals surface area contributed by atoms with E-state index in [0.717, 1.165) is 53.5 Å². The van der Waals surface area contributed by atoms with Crippen LogP contribution in [0.4, 0.5) is 43.8 Å². The number of carbonyl (C=O) groups is 5. The number of nitrogen functional groups attached to an aromatic ring is 1. The van der Waals surface area contributed by atoms with Crippen molar-refractivity contribution in [1.29, 1.82) is 0 Å². The van der Waals surface area contributed by atoms with Crippen LogP contribution in [0, 0.1) is 62.3 Å². The molecule has 109 heavy (non-hydrogen) atoms. The van der Waals surface area contributed by atoms with Crippen molar-refractivity contribution in [1.82, 2.24) is 28.7 Å². The Morgan fingerprint density at radius 3 is 0.972 bits per heavy atom. The minimum absolute atomic E-state index is 0.125. The van der Waals surface area contributed by atoms with E-state index in [2.05, 4.69) is 55.7 Å². The average Bonchev–Trinajstić information content (AvgIpc) is 1.48. The average molecular weight is 1510 g/mol. The van der Waals surface area contributed by atoms with Crippen LogP contribution in [-0.4, -0.2) is 132 Å². The van der Waals surface area contributed by atoms with E-state index < -0.39 is 140 Å². The summed E-state index contributed by atoms with van der Waals surface area (Å²) in [6.45, 7) is 13.8. The number of azide groups is 3. The van der Waals surface area contributed by atoms with Gasteiger partial charge in [-0.1, -0.05) is 105 Å². The number of aryl methyl sites for hydroxylation is 9. The predicted molar refractivity (Wildman–Crippen MR) is 377 cm³/mol. The van der Waals surface area contributed by atoms with Crippen LogP contribution in [-0.2, 0) is 28.4 Å². The molecule has 32 nitrogen and oxygen atoms in total. The van der Waals surface area contributed by atoms with Gasteiger partial charge in [0.2, 0.25) is 18.7 Å². The second-order valence-electron chi connectivity index (χ2n) is 25.3. The summed E-state index contributed by atoms with van der Waals surface area (Å²) in [5, 5.41) is 14.7. The number of benzene rings is 5. The van der Waals surface area contributed by atoms with Gasteiger partial charge >= 0.3 is 52.7 Å². The largest absolute Gasteiger partial charge is 0.449 e. The first kappa shape index (κ1) is 80.4. The number of amides is 2. The molecule has 0 aliphatic carbocycles. The second-order valence-corrected chi connectivity index (χ2v) is 25.3. The highest BCUT2D eigenvalue weighted by Crippen LogP contribution is 2.48. The quantitative estimate of drug-likeness (QED) is 0.0169. The molecule has 4 N–H and O–H groups in total. The summed E-state index contributed by atoms with van der Waals surface area (Å²) < 4.78 is 127. The van der Waals surface area contributed by atoms with Gasteiger partial charge in [-0.3, -0.25) is 23.3 Å². The molecule has 8 aromatic rings. The monoisotopic (exact) mass is 1510 g/mol. The number of ether oxygens (including phenoxy) is 6. The molecule has 6 heterocycles. The van der Waals surface area contributed by atoms with E-state index in [-0.39, 0.29) is 34.1 Å². The molecule has 1 unspecified atom stereocenters. The topological polar surface area (TPSA) is 442 Å². The van der Waals surface area contributed by atoms with Crippen LogP contribution in [0.1, 0.15) is 121 Å². The molecular weight excluding hydrogens is 1440 g/mol. The predicted octanol–water partition coefficient (Wildman–Crippen LogP) is 11.8. The molecule has 3 saturated heterocycles. The fourth-order valence-electron chi connectivity index (χ4n) is 12.6. The first-order valence-corrected chi connectivity index (χ1v) is 32.9. The van der Waals surface area contributed by atoms with Crippen molar-refractivity contribution >= 4 is 47.2 Å². The number of aromatic nitrogens is 6. The number of esters is 3. The summed E-state index contributed by atoms with van der Waals surface area (Å²) in [5.74, 6) is -16.2. The first-order chi connectivity index (χ1) is 51.6. The molecule has 3 fully saturated rings. The smallest absolute Gasteiger partial charge is 0.351 e. The maximum Gasteiger partial charge on any atom is 0.351 e. The van der Waals surface area contributed by atoms with E-state index in [0.29, 0.717) is 58.2 Å². The van der Waals surface area contributed by atoms with Crippen molar-refractivity contribution in [2.75, 3.05) is 36.0 Å². The summed E-state index contributed by atoms with van der Waals surface area (Å²) >= 11 is 0. The highest BCUT2D eigenvalue weighted by atomic mass is 19.3. The maximum absolute atomic E-state index is 15.7. The van der Waals surface area contributed by atoms with Crippen LogP contribution < -0.4 is 33.4 Å². The fraction of sp³-hybridized carbons (Fsp3) is 0.338. The van der Waals surface area contributed by atoms with Gasteiger partial charge in [0.05, 0.1) is 36.3 Å². The number of nitrogens with one attached hydrogen (secondary N) is 2. The Morgan fingerprint density at radius 1 is 0.450 bits per heavy atom. The minimum atomic E-state index is -3.92. The second kappa shape index (κ2) is 33.8. The molecule has 0 radical (unpaired) electrons. The Bertz CT molecular complexity index is 4870. The lowest BCUT2D eigenvalue weighted by atomic mass is 10.00. The van der Waals surface area contributed by atoms with Crippen molar-refractivity contribution in [3.8, 4) is 0 Å². The van der Waals surface area contributed by atoms with Crippen molar-refractivity contribution in [3.63, 3.8) is 0 Å². The highest BCUT2D eigenvalue weighted by molar-refractivity contribution is 6.04. The number of nitrogens with zero attached hydrogens (tertiary/aromatic N) is 15. The summed E-state index contributed by atoms with van der Waals surface area (Å²) in [6, 6.07) is 30.0. The normalized spacial score (nSPS) is 20.3. The lowest BCUT2D eigenvalue weighted by Gasteiger charge is -2.24. The SMILES string of the molecule is Cc1cc(C)c(C(=O)O[C@@H]2[C@@H](CN=[N+]=[N-])OC(n3ccc(N)nc3=O)C2(F)F)c(C)c1.Cc1cc(C)c(C(=O)O[C@@H]2[C@@H](CN=[N+]=[N-])O[C@@H](n3ccc(NC(=O)c4ccccc4)nc3=O)C2(F)F)c(C)c1.Cc1cc(C)c(C(=O)O[C@@H]2[C@@H](CN=[N+]=[N-])O[C@H](n3ccc(NC(=O)c4ccccc4)nc3=O)C2(F)F)c(C)c1. The minimum Gasteiger partial charge on any atom is -0.449 e. The Kier molecular flexibility index (Phi) is 24.9. The molecule has 2 amide bonds. The van der Waals surface area contributed by atoms with Gasteiger partial charge < -0.3 is 44.8 Å². The van der Waals surface area contributed by atoms with E-state index in [9.17, 15) is 38.4 Å². The van der Waals surface area contributed by atoms with Gasteiger partial charge in [0.1, 0.15) is 35.8 Å². The zero-order chi connectivity index (χ0) is 79.6. The number of alkyl halides is 6. The lowest BCUT2D eigenvalue weighted by Crippen LogP contribution is -2.44. The Morgan fingerprint density at radius 2 is 0.716 bits per heavy atom. The third kappa shape index (κ3) is 18.1. The number of carbonyl (C=O) groups excluding carboxylic acids is 5. The number of nitrogens with two attached hydrogens (primary N) is 1. The van der Waals surface area contributed by atoms with Crippen LogP contribution in [0.3, 0.4) is 0 Å². The van der Waals surface area contributed by atoms with Crippen molar-refractivity contribution < 1.29 is 78.7 Å². The summed E-state index contributed by atoms with van der Waals surface area (Å²) in [7, 11) is 0. The molecule has 0 bridgehead atoms. The third-order valence-electron chi connectivity index (χ3n) is 17.2. The number of hydrogen-bond donors (Lipinski definition) is 3. The number of hydrogen-bond acceptors (Lipinski definition) is 21. The molecule has 568 valence electrons. The Hall–Kier alpha value is -12.7. The zero-order valence-corrected chi connectivity index (χ0v) is 59.3. The van der Waals surface area contributed by atoms with Crippen LogP contribution in [0.15, 0.2) is 164 Å². The molecule has 9 atom stereocenters. The molecule has 3 aliphatic heterocycles. The molecular formula is C71H68F6N18O14.